The summed E-state index contributed by atoms with van der Waals surface area (Å²) in [6.07, 6.45) is 0. The van der Waals surface area contributed by atoms with Crippen molar-refractivity contribution in [2.24, 2.45) is 5.92 Å². The summed E-state index contributed by atoms with van der Waals surface area (Å²) in [6.45, 7) is 3.45. The SMILES string of the molecule is CC(C)C(NC(=O)CSCC(=O)c1ccccc1)C(=O)O. The number of nitrogens with one attached hydrogen (secondary N) is 1. The molecule has 1 unspecified atom stereocenters. The van der Waals surface area contributed by atoms with Crippen molar-refractivity contribution in [2.45, 2.75) is 19.9 Å². The maximum atomic E-state index is 11.8. The standard InChI is InChI=1S/C15H19NO4S/c1-10(2)14(15(19)20)16-13(18)9-21-8-12(17)11-6-4-3-5-7-11/h3-7,10,14H,8-9H2,1-2H3,(H,16,18)(H,19,20). The molecule has 0 spiro atoms. The average Bonchev–Trinajstić information content (AvgIpc) is 2.45. The number of carboxylic acids is 1. The van der Waals surface area contributed by atoms with Gasteiger partial charge in [-0.15, -0.1) is 11.8 Å². The molecule has 0 saturated heterocycles. The van der Waals surface area contributed by atoms with E-state index in [-0.39, 0.29) is 29.1 Å². The molecule has 0 heterocycles. The summed E-state index contributed by atoms with van der Waals surface area (Å²) in [5.41, 5.74) is 0.607. The highest BCUT2D eigenvalue weighted by Gasteiger charge is 2.23. The van der Waals surface area contributed by atoms with Crippen molar-refractivity contribution in [1.29, 1.82) is 0 Å². The zero-order valence-corrected chi connectivity index (χ0v) is 12.9. The second kappa shape index (κ2) is 8.46. The van der Waals surface area contributed by atoms with Gasteiger partial charge in [0, 0.05) is 5.56 Å². The van der Waals surface area contributed by atoms with Crippen LogP contribution in [0.15, 0.2) is 30.3 Å². The highest BCUT2D eigenvalue weighted by atomic mass is 32.2. The number of carboxylic acid groups (broad SMARTS) is 1. The van der Waals surface area contributed by atoms with E-state index in [4.69, 9.17) is 5.11 Å². The van der Waals surface area contributed by atoms with Gasteiger partial charge in [0.05, 0.1) is 11.5 Å². The van der Waals surface area contributed by atoms with Gasteiger partial charge in [0.2, 0.25) is 5.91 Å². The first-order valence-corrected chi connectivity index (χ1v) is 7.75. The van der Waals surface area contributed by atoms with Gasteiger partial charge in [-0.05, 0) is 5.92 Å². The monoisotopic (exact) mass is 309 g/mol. The van der Waals surface area contributed by atoms with Crippen molar-refractivity contribution in [3.05, 3.63) is 35.9 Å². The van der Waals surface area contributed by atoms with Crippen molar-refractivity contribution < 1.29 is 19.5 Å². The number of rotatable bonds is 8. The Hall–Kier alpha value is -1.82. The average molecular weight is 309 g/mol. The maximum absolute atomic E-state index is 11.8. The van der Waals surface area contributed by atoms with E-state index in [1.54, 1.807) is 38.1 Å². The molecular weight excluding hydrogens is 290 g/mol. The molecule has 1 aromatic rings. The normalized spacial score (nSPS) is 12.0. The molecule has 0 aliphatic rings. The molecule has 21 heavy (non-hydrogen) atoms. The van der Waals surface area contributed by atoms with Crippen LogP contribution < -0.4 is 5.32 Å². The van der Waals surface area contributed by atoms with Crippen molar-refractivity contribution in [2.75, 3.05) is 11.5 Å². The van der Waals surface area contributed by atoms with Crippen LogP contribution in [-0.4, -0.2) is 40.3 Å². The fourth-order valence-electron chi connectivity index (χ4n) is 1.67. The highest BCUT2D eigenvalue weighted by Crippen LogP contribution is 2.08. The number of carbonyl (C=O) groups is 3. The predicted octanol–water partition coefficient (Wildman–Crippen LogP) is 1.83. The minimum atomic E-state index is -1.05. The minimum absolute atomic E-state index is 0.0490. The van der Waals surface area contributed by atoms with Crippen LogP contribution >= 0.6 is 11.8 Å². The molecule has 6 heteroatoms. The molecule has 1 aromatic carbocycles. The van der Waals surface area contributed by atoms with Gasteiger partial charge in [-0.2, -0.15) is 0 Å². The van der Waals surface area contributed by atoms with Crippen molar-refractivity contribution in [3.63, 3.8) is 0 Å². The largest absolute Gasteiger partial charge is 0.480 e. The Balaban J connectivity index is 2.37. The first-order valence-electron chi connectivity index (χ1n) is 6.60. The van der Waals surface area contributed by atoms with E-state index in [9.17, 15) is 14.4 Å². The number of ketones is 1. The van der Waals surface area contributed by atoms with Crippen molar-refractivity contribution >= 4 is 29.4 Å². The molecule has 5 nitrogen and oxygen atoms in total. The van der Waals surface area contributed by atoms with E-state index in [0.717, 1.165) is 0 Å². The third-order valence-corrected chi connectivity index (χ3v) is 3.74. The number of hydrogen-bond acceptors (Lipinski definition) is 4. The van der Waals surface area contributed by atoms with Gasteiger partial charge >= 0.3 is 5.97 Å². The summed E-state index contributed by atoms with van der Waals surface area (Å²) in [5, 5.41) is 11.4. The Morgan fingerprint density at radius 1 is 1.14 bits per heavy atom. The van der Waals surface area contributed by atoms with Gasteiger partial charge in [-0.25, -0.2) is 4.79 Å². The van der Waals surface area contributed by atoms with E-state index < -0.39 is 12.0 Å². The van der Waals surface area contributed by atoms with Crippen LogP contribution in [-0.2, 0) is 9.59 Å². The summed E-state index contributed by atoms with van der Waals surface area (Å²) < 4.78 is 0. The second-order valence-corrected chi connectivity index (χ2v) is 5.90. The molecule has 0 aromatic heterocycles. The molecule has 1 rings (SSSR count). The molecule has 0 aliphatic carbocycles. The van der Waals surface area contributed by atoms with E-state index in [0.29, 0.717) is 5.56 Å². The van der Waals surface area contributed by atoms with Crippen LogP contribution in [0.2, 0.25) is 0 Å². The van der Waals surface area contributed by atoms with Crippen molar-refractivity contribution in [1.82, 2.24) is 5.32 Å². The van der Waals surface area contributed by atoms with Crippen LogP contribution in [0.4, 0.5) is 0 Å². The predicted molar refractivity (Wildman–Crippen MR) is 82.5 cm³/mol. The zero-order chi connectivity index (χ0) is 15.8. The quantitative estimate of drug-likeness (QED) is 0.716. The van der Waals surface area contributed by atoms with Crippen LogP contribution in [0.3, 0.4) is 0 Å². The van der Waals surface area contributed by atoms with Crippen LogP contribution in [0.5, 0.6) is 0 Å². The summed E-state index contributed by atoms with van der Waals surface area (Å²) in [4.78, 5) is 34.5. The highest BCUT2D eigenvalue weighted by molar-refractivity contribution is 8.00. The summed E-state index contributed by atoms with van der Waals surface area (Å²) in [6, 6.07) is 7.94. The number of carbonyl (C=O) groups excluding carboxylic acids is 2. The van der Waals surface area contributed by atoms with Crippen molar-refractivity contribution in [3.8, 4) is 0 Å². The Bertz CT molecular complexity index is 502. The Morgan fingerprint density at radius 2 is 1.76 bits per heavy atom. The molecule has 1 atom stereocenters. The fourth-order valence-corrected chi connectivity index (χ4v) is 2.40. The minimum Gasteiger partial charge on any atom is -0.480 e. The smallest absolute Gasteiger partial charge is 0.326 e. The Morgan fingerprint density at radius 3 is 2.29 bits per heavy atom. The van der Waals surface area contributed by atoms with E-state index >= 15 is 0 Å². The molecular formula is C15H19NO4S. The van der Waals surface area contributed by atoms with E-state index in [1.807, 2.05) is 6.07 Å². The lowest BCUT2D eigenvalue weighted by Crippen LogP contribution is -2.45. The second-order valence-electron chi connectivity index (χ2n) is 4.91. The number of benzene rings is 1. The molecule has 1 amide bonds. The summed E-state index contributed by atoms with van der Waals surface area (Å²) >= 11 is 1.18. The molecule has 0 radical (unpaired) electrons. The lowest BCUT2D eigenvalue weighted by atomic mass is 10.1. The van der Waals surface area contributed by atoms with E-state index in [1.165, 1.54) is 11.8 Å². The van der Waals surface area contributed by atoms with E-state index in [2.05, 4.69) is 5.32 Å². The Labute approximate surface area is 128 Å². The first-order chi connectivity index (χ1) is 9.91. The number of hydrogen-bond donors (Lipinski definition) is 2. The van der Waals surface area contributed by atoms with Gasteiger partial charge in [-0.1, -0.05) is 44.2 Å². The lowest BCUT2D eigenvalue weighted by Gasteiger charge is -2.17. The van der Waals surface area contributed by atoms with Gasteiger partial charge in [0.15, 0.2) is 5.78 Å². The van der Waals surface area contributed by atoms with Crippen LogP contribution in [0.25, 0.3) is 0 Å². The molecule has 114 valence electrons. The topological polar surface area (TPSA) is 83.5 Å². The molecule has 0 bridgehead atoms. The fraction of sp³-hybridized carbons (Fsp3) is 0.400. The molecule has 2 N–H and O–H groups in total. The number of aliphatic carboxylic acids is 1. The van der Waals surface area contributed by atoms with Gasteiger partial charge in [0.25, 0.3) is 0 Å². The maximum Gasteiger partial charge on any atom is 0.326 e. The number of thioether (sulfide) groups is 1. The number of amides is 1. The third kappa shape index (κ3) is 5.99. The van der Waals surface area contributed by atoms with Gasteiger partial charge in [-0.3, -0.25) is 9.59 Å². The molecule has 0 saturated carbocycles. The Kier molecular flexibility index (Phi) is 6.94. The van der Waals surface area contributed by atoms with Gasteiger partial charge < -0.3 is 10.4 Å². The first kappa shape index (κ1) is 17.2. The summed E-state index contributed by atoms with van der Waals surface area (Å²) in [7, 11) is 0. The zero-order valence-electron chi connectivity index (χ0n) is 12.0. The van der Waals surface area contributed by atoms with Crippen LogP contribution in [0, 0.1) is 5.92 Å². The molecule has 0 aliphatic heterocycles. The third-order valence-electron chi connectivity index (χ3n) is 2.81. The molecule has 0 fully saturated rings. The lowest BCUT2D eigenvalue weighted by molar-refractivity contribution is -0.142. The van der Waals surface area contributed by atoms with Crippen LogP contribution in [0.1, 0.15) is 24.2 Å². The van der Waals surface area contributed by atoms with Gasteiger partial charge in [0.1, 0.15) is 6.04 Å². The number of Topliss-reactive ketones (excluding diaryl/α,β-unsaturated/α-hetero) is 1. The summed E-state index contributed by atoms with van der Waals surface area (Å²) in [5.74, 6) is -1.41.